The van der Waals surface area contributed by atoms with Crippen LogP contribution in [-0.4, -0.2) is 38.2 Å². The average Bonchev–Trinajstić information content (AvgIpc) is 3.43. The van der Waals surface area contributed by atoms with Gasteiger partial charge in [0.1, 0.15) is 17.0 Å². The van der Waals surface area contributed by atoms with E-state index in [0.717, 1.165) is 64.9 Å². The predicted octanol–water partition coefficient (Wildman–Crippen LogP) is 4.77. The van der Waals surface area contributed by atoms with Crippen LogP contribution < -0.4 is 5.32 Å². The molecule has 6 nitrogen and oxygen atoms in total. The van der Waals surface area contributed by atoms with E-state index in [1.807, 2.05) is 18.2 Å². The third-order valence-corrected chi connectivity index (χ3v) is 6.12. The fourth-order valence-corrected chi connectivity index (χ4v) is 4.50. The van der Waals surface area contributed by atoms with E-state index >= 15 is 0 Å². The summed E-state index contributed by atoms with van der Waals surface area (Å²) in [6.45, 7) is 2.05. The third kappa shape index (κ3) is 3.09. The Hall–Kier alpha value is -3.58. The minimum atomic E-state index is -0.288. The molecule has 31 heavy (non-hydrogen) atoms. The third-order valence-electron chi connectivity index (χ3n) is 6.12. The lowest BCUT2D eigenvalue weighted by molar-refractivity contribution is 0.454. The number of fused-ring (bicyclic) bond motifs is 2. The van der Waals surface area contributed by atoms with Crippen LogP contribution in [0.15, 0.2) is 54.7 Å². The number of nitrogens with one attached hydrogen (secondary N) is 3. The zero-order valence-electron chi connectivity index (χ0n) is 16.8. The van der Waals surface area contributed by atoms with E-state index in [2.05, 4.69) is 37.6 Å². The van der Waals surface area contributed by atoms with Gasteiger partial charge in [-0.15, -0.1) is 0 Å². The van der Waals surface area contributed by atoms with E-state index in [1.165, 1.54) is 6.07 Å². The second-order valence-electron chi connectivity index (χ2n) is 8.01. The van der Waals surface area contributed by atoms with Gasteiger partial charge in [0.25, 0.3) is 0 Å². The minimum absolute atomic E-state index is 0.288. The highest BCUT2D eigenvalue weighted by molar-refractivity contribution is 5.98. The summed E-state index contributed by atoms with van der Waals surface area (Å²) >= 11 is 0. The summed E-state index contributed by atoms with van der Waals surface area (Å²) in [7, 11) is 0. The molecule has 1 fully saturated rings. The van der Waals surface area contributed by atoms with Crippen molar-refractivity contribution < 1.29 is 4.39 Å². The Morgan fingerprint density at radius 1 is 0.935 bits per heavy atom. The molecule has 4 aromatic heterocycles. The molecule has 6 rings (SSSR count). The van der Waals surface area contributed by atoms with Crippen molar-refractivity contribution in [3.8, 4) is 22.6 Å². The van der Waals surface area contributed by atoms with Crippen molar-refractivity contribution in [3.05, 3.63) is 66.2 Å². The quantitative estimate of drug-likeness (QED) is 0.399. The highest BCUT2D eigenvalue weighted by atomic mass is 19.1. The standard InChI is InChI=1S/C24H21FN6/c25-17-4-2-1-3-15(17)22-16-13-21(28-19(16)9-12-27-22)24-23-20(30-31-24)6-5-18(29-23)14-7-10-26-11-8-14/h1-6,9,12-14,26,28H,7-8,10-11H2,(H,30,31). The molecule has 0 atom stereocenters. The smallest absolute Gasteiger partial charge is 0.135 e. The van der Waals surface area contributed by atoms with Crippen molar-refractivity contribution in [1.82, 2.24) is 30.5 Å². The van der Waals surface area contributed by atoms with Gasteiger partial charge in [-0.2, -0.15) is 5.10 Å². The van der Waals surface area contributed by atoms with Crippen molar-refractivity contribution in [1.29, 1.82) is 0 Å². The summed E-state index contributed by atoms with van der Waals surface area (Å²) in [6, 6.07) is 14.8. The number of H-pyrrole nitrogens is 2. The molecule has 1 saturated heterocycles. The summed E-state index contributed by atoms with van der Waals surface area (Å²) in [6.07, 6.45) is 3.88. The highest BCUT2D eigenvalue weighted by Gasteiger charge is 2.20. The molecule has 0 saturated carbocycles. The number of benzene rings is 1. The monoisotopic (exact) mass is 412 g/mol. The van der Waals surface area contributed by atoms with Gasteiger partial charge in [-0.05, 0) is 62.3 Å². The van der Waals surface area contributed by atoms with Crippen LogP contribution in [0.3, 0.4) is 0 Å². The number of nitrogens with zero attached hydrogens (tertiary/aromatic N) is 3. The molecule has 5 aromatic rings. The number of halogens is 1. The van der Waals surface area contributed by atoms with Crippen LogP contribution in [0.5, 0.6) is 0 Å². The summed E-state index contributed by atoms with van der Waals surface area (Å²) in [5, 5.41) is 11.9. The Labute approximate surface area is 177 Å². The molecule has 0 spiro atoms. The molecular formula is C24H21FN6. The van der Waals surface area contributed by atoms with Crippen molar-refractivity contribution in [3.63, 3.8) is 0 Å². The Bertz CT molecular complexity index is 1400. The number of aromatic nitrogens is 5. The summed E-state index contributed by atoms with van der Waals surface area (Å²) in [4.78, 5) is 12.9. The lowest BCUT2D eigenvalue weighted by atomic mass is 9.94. The SMILES string of the molecule is Fc1ccccc1-c1nccc2[nH]c(-c3n[nH]c4ccc(C5CCNCC5)nc34)cc12. The molecular weight excluding hydrogens is 391 g/mol. The van der Waals surface area contributed by atoms with Gasteiger partial charge in [-0.3, -0.25) is 10.1 Å². The number of piperidine rings is 1. The van der Waals surface area contributed by atoms with Crippen molar-refractivity contribution in [2.75, 3.05) is 13.1 Å². The normalized spacial score (nSPS) is 15.1. The van der Waals surface area contributed by atoms with Gasteiger partial charge in [0.05, 0.1) is 16.9 Å². The van der Waals surface area contributed by atoms with Crippen LogP contribution in [0.1, 0.15) is 24.5 Å². The van der Waals surface area contributed by atoms with Gasteiger partial charge in [0, 0.05) is 34.3 Å². The van der Waals surface area contributed by atoms with E-state index < -0.39 is 0 Å². The molecule has 0 unspecified atom stereocenters. The van der Waals surface area contributed by atoms with Gasteiger partial charge in [-0.25, -0.2) is 9.37 Å². The molecule has 1 aliphatic heterocycles. The van der Waals surface area contributed by atoms with Crippen LogP contribution in [0.25, 0.3) is 44.6 Å². The van der Waals surface area contributed by atoms with Gasteiger partial charge >= 0.3 is 0 Å². The first kappa shape index (κ1) is 18.2. The molecule has 3 N–H and O–H groups in total. The fraction of sp³-hybridized carbons (Fsp3) is 0.208. The Kier molecular flexibility index (Phi) is 4.28. The van der Waals surface area contributed by atoms with Crippen LogP contribution in [0, 0.1) is 5.82 Å². The first-order valence-electron chi connectivity index (χ1n) is 10.6. The molecule has 0 aliphatic carbocycles. The van der Waals surface area contributed by atoms with E-state index in [1.54, 1.807) is 18.3 Å². The minimum Gasteiger partial charge on any atom is -0.353 e. The van der Waals surface area contributed by atoms with Gasteiger partial charge in [-0.1, -0.05) is 12.1 Å². The molecule has 7 heteroatoms. The number of hydrogen-bond acceptors (Lipinski definition) is 4. The Morgan fingerprint density at radius 3 is 2.68 bits per heavy atom. The van der Waals surface area contributed by atoms with Gasteiger partial charge in [0.2, 0.25) is 0 Å². The number of rotatable bonds is 3. The van der Waals surface area contributed by atoms with Crippen LogP contribution in [0.4, 0.5) is 4.39 Å². The van der Waals surface area contributed by atoms with E-state index in [-0.39, 0.29) is 5.82 Å². The maximum atomic E-state index is 14.4. The summed E-state index contributed by atoms with van der Waals surface area (Å²) in [5.41, 5.74) is 6.44. The maximum Gasteiger partial charge on any atom is 0.135 e. The van der Waals surface area contributed by atoms with Crippen LogP contribution in [-0.2, 0) is 0 Å². The van der Waals surface area contributed by atoms with Crippen LogP contribution in [0.2, 0.25) is 0 Å². The van der Waals surface area contributed by atoms with E-state index in [4.69, 9.17) is 4.98 Å². The number of hydrogen-bond donors (Lipinski definition) is 3. The summed E-state index contributed by atoms with van der Waals surface area (Å²) in [5.74, 6) is 0.178. The van der Waals surface area contributed by atoms with Crippen molar-refractivity contribution in [2.24, 2.45) is 0 Å². The van der Waals surface area contributed by atoms with E-state index in [0.29, 0.717) is 17.2 Å². The Balaban J connectivity index is 1.48. The van der Waals surface area contributed by atoms with Crippen LogP contribution >= 0.6 is 0 Å². The molecule has 0 bridgehead atoms. The van der Waals surface area contributed by atoms with Gasteiger partial charge < -0.3 is 10.3 Å². The zero-order chi connectivity index (χ0) is 20.8. The molecule has 5 heterocycles. The average molecular weight is 412 g/mol. The van der Waals surface area contributed by atoms with E-state index in [9.17, 15) is 4.39 Å². The first-order valence-corrected chi connectivity index (χ1v) is 10.6. The molecule has 0 radical (unpaired) electrons. The first-order chi connectivity index (χ1) is 15.3. The largest absolute Gasteiger partial charge is 0.353 e. The van der Waals surface area contributed by atoms with Gasteiger partial charge in [0.15, 0.2) is 0 Å². The van der Waals surface area contributed by atoms with Crippen molar-refractivity contribution >= 4 is 21.9 Å². The predicted molar refractivity (Wildman–Crippen MR) is 119 cm³/mol. The molecule has 1 aliphatic rings. The lowest BCUT2D eigenvalue weighted by Crippen LogP contribution is -2.27. The van der Waals surface area contributed by atoms with Crippen molar-refractivity contribution in [2.45, 2.75) is 18.8 Å². The fourth-order valence-electron chi connectivity index (χ4n) is 4.50. The molecule has 1 aromatic carbocycles. The number of pyridine rings is 2. The second kappa shape index (κ2) is 7.28. The Morgan fingerprint density at radius 2 is 1.81 bits per heavy atom. The highest BCUT2D eigenvalue weighted by Crippen LogP contribution is 2.34. The summed E-state index contributed by atoms with van der Waals surface area (Å²) < 4.78 is 14.4. The number of aromatic amines is 2. The lowest BCUT2D eigenvalue weighted by Gasteiger charge is -2.22. The molecule has 154 valence electrons. The molecule has 0 amide bonds. The zero-order valence-corrected chi connectivity index (χ0v) is 16.8. The topological polar surface area (TPSA) is 82.3 Å². The maximum absolute atomic E-state index is 14.4. The second-order valence-corrected chi connectivity index (χ2v) is 8.01.